The summed E-state index contributed by atoms with van der Waals surface area (Å²) in [6.07, 6.45) is -0.264. The molecule has 3 rings (SSSR count). The number of carbonyl (C=O) groups is 2. The van der Waals surface area contributed by atoms with Crippen molar-refractivity contribution < 1.29 is 18.8 Å². The fourth-order valence-electron chi connectivity index (χ4n) is 2.98. The molecule has 0 aliphatic carbocycles. The molecule has 1 aromatic carbocycles. The van der Waals surface area contributed by atoms with E-state index in [1.165, 1.54) is 0 Å². The van der Waals surface area contributed by atoms with Gasteiger partial charge in [-0.2, -0.15) is 0 Å². The molecule has 2 aromatic rings. The number of imide groups is 1. The molecule has 0 spiro atoms. The molecule has 1 unspecified atom stereocenters. The summed E-state index contributed by atoms with van der Waals surface area (Å²) < 4.78 is 10.8. The molecule has 0 fully saturated rings. The third-order valence-corrected chi connectivity index (χ3v) is 4.48. The molecule has 0 saturated carbocycles. The lowest BCUT2D eigenvalue weighted by molar-refractivity contribution is 0.0150. The first-order valence-corrected chi connectivity index (χ1v) is 9.08. The lowest BCUT2D eigenvalue weighted by Crippen LogP contribution is -2.45. The fourth-order valence-corrected chi connectivity index (χ4v) is 3.20. The highest BCUT2D eigenvalue weighted by Crippen LogP contribution is 2.37. The number of nitrogens with one attached hydrogen (secondary N) is 1. The van der Waals surface area contributed by atoms with E-state index in [0.717, 1.165) is 4.90 Å². The Hall–Kier alpha value is -2.54. The lowest BCUT2D eigenvalue weighted by atomic mass is 10.0. The normalized spacial score (nSPS) is 16.3. The smallest absolute Gasteiger partial charge is 0.417 e. The maximum atomic E-state index is 13.3. The summed E-state index contributed by atoms with van der Waals surface area (Å²) in [6, 6.07) is 5.99. The molecule has 1 aromatic heterocycles. The van der Waals surface area contributed by atoms with Gasteiger partial charge < -0.3 is 14.6 Å². The highest BCUT2D eigenvalue weighted by atomic mass is 35.5. The van der Waals surface area contributed by atoms with Crippen molar-refractivity contribution in [1.82, 2.24) is 10.1 Å². The first-order valence-electron chi connectivity index (χ1n) is 8.70. The fraction of sp³-hybridized carbons (Fsp3) is 0.421. The van der Waals surface area contributed by atoms with E-state index in [4.69, 9.17) is 20.9 Å². The van der Waals surface area contributed by atoms with Crippen molar-refractivity contribution in [3.05, 3.63) is 46.3 Å². The van der Waals surface area contributed by atoms with Crippen molar-refractivity contribution >= 4 is 29.3 Å². The molecule has 27 heavy (non-hydrogen) atoms. The van der Waals surface area contributed by atoms with E-state index in [2.05, 4.69) is 10.5 Å². The number of hydrogen-bond acceptors (Lipinski definition) is 6. The molecule has 2 amide bonds. The van der Waals surface area contributed by atoms with Crippen molar-refractivity contribution in [2.24, 2.45) is 0 Å². The summed E-state index contributed by atoms with van der Waals surface area (Å²) >= 11 is 6.20. The van der Waals surface area contributed by atoms with Gasteiger partial charge in [0, 0.05) is 6.54 Å². The van der Waals surface area contributed by atoms with E-state index in [9.17, 15) is 9.59 Å². The van der Waals surface area contributed by atoms with Crippen LogP contribution in [0, 0.1) is 6.92 Å². The number of amides is 2. The lowest BCUT2D eigenvalue weighted by Gasteiger charge is -2.33. The van der Waals surface area contributed by atoms with Crippen LogP contribution in [0.25, 0.3) is 0 Å². The van der Waals surface area contributed by atoms with Crippen molar-refractivity contribution in [3.8, 4) is 0 Å². The van der Waals surface area contributed by atoms with Crippen molar-refractivity contribution in [2.45, 2.75) is 45.8 Å². The maximum absolute atomic E-state index is 13.3. The zero-order chi connectivity index (χ0) is 19.8. The Morgan fingerprint density at radius 2 is 2.04 bits per heavy atom. The minimum absolute atomic E-state index is 0.227. The van der Waals surface area contributed by atoms with Crippen molar-refractivity contribution in [3.63, 3.8) is 0 Å². The molecule has 0 radical (unpaired) electrons. The van der Waals surface area contributed by atoms with Gasteiger partial charge in [-0.1, -0.05) is 28.9 Å². The Balaban J connectivity index is 2.05. The molecule has 1 aliphatic heterocycles. The molecular weight excluding hydrogens is 370 g/mol. The third-order valence-electron chi connectivity index (χ3n) is 4.15. The summed E-state index contributed by atoms with van der Waals surface area (Å²) in [7, 11) is 0. The number of halogens is 1. The Labute approximate surface area is 162 Å². The molecule has 0 bridgehead atoms. The number of aromatic nitrogens is 1. The molecule has 1 aliphatic rings. The maximum Gasteiger partial charge on any atom is 0.417 e. The number of ether oxygens (including phenoxy) is 1. The Morgan fingerprint density at radius 3 is 2.70 bits per heavy atom. The number of anilines is 1. The molecular formula is C19H22ClN3O4. The predicted octanol–water partition coefficient (Wildman–Crippen LogP) is 4.57. The summed E-state index contributed by atoms with van der Waals surface area (Å²) in [4.78, 5) is 27.3. The number of rotatable bonds is 2. The summed E-state index contributed by atoms with van der Waals surface area (Å²) in [5, 5.41) is 7.53. The number of benzene rings is 1. The van der Waals surface area contributed by atoms with Crippen LogP contribution >= 0.6 is 11.6 Å². The quantitative estimate of drug-likeness (QED) is 0.807. The van der Waals surface area contributed by atoms with Crippen LogP contribution in [0.1, 0.15) is 55.0 Å². The number of carbonyl (C=O) groups excluding carboxylic acids is 2. The van der Waals surface area contributed by atoms with Gasteiger partial charge in [-0.25, -0.2) is 9.69 Å². The minimum atomic E-state index is -0.758. The molecule has 1 atom stereocenters. The highest BCUT2D eigenvalue weighted by Gasteiger charge is 2.40. The van der Waals surface area contributed by atoms with E-state index < -0.39 is 23.6 Å². The number of hydrogen-bond donors (Lipinski definition) is 1. The van der Waals surface area contributed by atoms with Gasteiger partial charge in [-0.3, -0.25) is 4.79 Å². The van der Waals surface area contributed by atoms with Crippen molar-refractivity contribution in [2.75, 3.05) is 11.9 Å². The van der Waals surface area contributed by atoms with Gasteiger partial charge in [-0.05, 0) is 46.2 Å². The molecule has 1 N–H and O–H groups in total. The first kappa shape index (κ1) is 19.2. The largest absolute Gasteiger partial charge is 0.443 e. The second-order valence-corrected chi connectivity index (χ2v) is 7.77. The molecule has 7 nitrogen and oxygen atoms in total. The Bertz CT molecular complexity index is 872. The van der Waals surface area contributed by atoms with Gasteiger partial charge in [0.2, 0.25) is 0 Å². The number of nitrogens with zero attached hydrogens (tertiary/aromatic N) is 2. The van der Waals surface area contributed by atoms with Crippen molar-refractivity contribution in [1.29, 1.82) is 0 Å². The van der Waals surface area contributed by atoms with Gasteiger partial charge >= 0.3 is 6.09 Å². The van der Waals surface area contributed by atoms with E-state index >= 15 is 0 Å². The van der Waals surface area contributed by atoms with E-state index in [-0.39, 0.29) is 10.6 Å². The van der Waals surface area contributed by atoms with Crippen LogP contribution in [0.15, 0.2) is 28.8 Å². The Morgan fingerprint density at radius 1 is 1.33 bits per heavy atom. The Kier molecular flexibility index (Phi) is 5.15. The standard InChI is InChI=1S/C19H22ClN3O4/c1-11-15-16(22-27-11)14(9-10-21-15)23(18(25)26-19(2,3)4)17(24)12-7-5-6-8-13(12)20/h5-8,14,21H,9-10H2,1-4H3. The summed E-state index contributed by atoms with van der Waals surface area (Å²) in [6.45, 7) is 7.58. The monoisotopic (exact) mass is 391 g/mol. The van der Waals surface area contributed by atoms with Gasteiger partial charge in [-0.15, -0.1) is 0 Å². The van der Waals surface area contributed by atoms with Crippen LogP contribution in [-0.4, -0.2) is 34.2 Å². The van der Waals surface area contributed by atoms with E-state index in [1.807, 2.05) is 0 Å². The first-order chi connectivity index (χ1) is 12.7. The molecule has 8 heteroatoms. The minimum Gasteiger partial charge on any atom is -0.443 e. The van der Waals surface area contributed by atoms with Crippen LogP contribution < -0.4 is 5.32 Å². The third kappa shape index (κ3) is 3.93. The second-order valence-electron chi connectivity index (χ2n) is 7.37. The average Bonchev–Trinajstić information content (AvgIpc) is 2.96. The van der Waals surface area contributed by atoms with Gasteiger partial charge in [0.25, 0.3) is 5.91 Å². The molecule has 2 heterocycles. The van der Waals surface area contributed by atoms with E-state index in [0.29, 0.717) is 30.1 Å². The molecule has 144 valence electrons. The number of fused-ring (bicyclic) bond motifs is 1. The average molecular weight is 392 g/mol. The van der Waals surface area contributed by atoms with Crippen LogP contribution in [0.5, 0.6) is 0 Å². The molecule has 0 saturated heterocycles. The van der Waals surface area contributed by atoms with Crippen LogP contribution in [-0.2, 0) is 4.74 Å². The summed E-state index contributed by atoms with van der Waals surface area (Å²) in [5.74, 6) is 0.0670. The van der Waals surface area contributed by atoms with E-state index in [1.54, 1.807) is 52.0 Å². The zero-order valence-electron chi connectivity index (χ0n) is 15.7. The number of aryl methyl sites for hydroxylation is 1. The van der Waals surface area contributed by atoms with Crippen LogP contribution in [0.2, 0.25) is 5.02 Å². The summed E-state index contributed by atoms with van der Waals surface area (Å²) in [5.41, 5.74) is 0.674. The van der Waals surface area contributed by atoms with Gasteiger partial charge in [0.1, 0.15) is 17.0 Å². The highest BCUT2D eigenvalue weighted by molar-refractivity contribution is 6.34. The van der Waals surface area contributed by atoms with Gasteiger partial charge in [0.15, 0.2) is 5.76 Å². The second kappa shape index (κ2) is 7.23. The predicted molar refractivity (Wildman–Crippen MR) is 101 cm³/mol. The SMILES string of the molecule is Cc1onc2c1NCCC2N(C(=O)OC(C)(C)C)C(=O)c1ccccc1Cl. The van der Waals surface area contributed by atoms with Crippen LogP contribution in [0.3, 0.4) is 0 Å². The topological polar surface area (TPSA) is 84.7 Å². The van der Waals surface area contributed by atoms with Crippen LogP contribution in [0.4, 0.5) is 10.5 Å². The van der Waals surface area contributed by atoms with Gasteiger partial charge in [0.05, 0.1) is 16.6 Å². The zero-order valence-corrected chi connectivity index (χ0v) is 16.5.